The van der Waals surface area contributed by atoms with Crippen molar-refractivity contribution in [1.82, 2.24) is 10.2 Å². The van der Waals surface area contributed by atoms with Crippen LogP contribution in [0.25, 0.3) is 0 Å². The molecule has 31 heavy (non-hydrogen) atoms. The van der Waals surface area contributed by atoms with Crippen molar-refractivity contribution in [3.63, 3.8) is 0 Å². The van der Waals surface area contributed by atoms with Crippen LogP contribution in [-0.2, 0) is 20.8 Å². The lowest BCUT2D eigenvalue weighted by atomic mass is 10.0. The molecule has 1 atom stereocenters. The van der Waals surface area contributed by atoms with E-state index in [1.54, 1.807) is 14.0 Å². The molecule has 1 aliphatic heterocycles. The Morgan fingerprint density at radius 1 is 1.45 bits per heavy atom. The average Bonchev–Trinajstić information content (AvgIpc) is 3.60. The minimum Gasteiger partial charge on any atom is -0.465 e. The Kier molecular flexibility index (Phi) is 8.45. The average molecular weight is 431 g/mol. The topological polar surface area (TPSA) is 95.9 Å². The van der Waals surface area contributed by atoms with E-state index in [0.717, 1.165) is 37.1 Å². The summed E-state index contributed by atoms with van der Waals surface area (Å²) in [6, 6.07) is 4.17. The summed E-state index contributed by atoms with van der Waals surface area (Å²) in [7, 11) is 1.68. The van der Waals surface area contributed by atoms with Gasteiger partial charge >= 0.3 is 0 Å². The third-order valence-corrected chi connectivity index (χ3v) is 5.41. The van der Waals surface area contributed by atoms with Crippen LogP contribution in [0.15, 0.2) is 25.0 Å². The molecule has 8 heteroatoms. The van der Waals surface area contributed by atoms with Crippen molar-refractivity contribution >= 4 is 17.3 Å². The van der Waals surface area contributed by atoms with Gasteiger partial charge in [-0.1, -0.05) is 6.58 Å². The molecule has 0 bridgehead atoms. The van der Waals surface area contributed by atoms with Gasteiger partial charge in [-0.2, -0.15) is 0 Å². The van der Waals surface area contributed by atoms with Gasteiger partial charge in [-0.05, 0) is 43.9 Å². The summed E-state index contributed by atoms with van der Waals surface area (Å²) >= 11 is 0. The smallest absolute Gasteiger partial charge is 0.253 e. The van der Waals surface area contributed by atoms with Crippen LogP contribution in [0.1, 0.15) is 37.3 Å². The second kappa shape index (κ2) is 11.3. The van der Waals surface area contributed by atoms with Gasteiger partial charge in [-0.15, -0.1) is 0 Å². The molecule has 170 valence electrons. The van der Waals surface area contributed by atoms with Crippen molar-refractivity contribution in [2.45, 2.75) is 44.9 Å². The van der Waals surface area contributed by atoms with Crippen molar-refractivity contribution in [2.75, 3.05) is 45.3 Å². The number of nitrogens with zero attached hydrogens (tertiary/aromatic N) is 1. The van der Waals surface area contributed by atoms with Gasteiger partial charge in [0, 0.05) is 57.3 Å². The molecule has 1 aromatic rings. The van der Waals surface area contributed by atoms with Gasteiger partial charge in [0.2, 0.25) is 0 Å². The fourth-order valence-electron chi connectivity index (χ4n) is 3.79. The van der Waals surface area contributed by atoms with E-state index >= 15 is 0 Å². The molecule has 8 nitrogen and oxygen atoms in total. The molecule has 0 radical (unpaired) electrons. The molecule has 1 aromatic carbocycles. The number of benzene rings is 1. The van der Waals surface area contributed by atoms with Crippen molar-refractivity contribution in [2.24, 2.45) is 0 Å². The summed E-state index contributed by atoms with van der Waals surface area (Å²) in [5.74, 6) is 0.593. The number of ether oxygens (including phenoxy) is 3. The summed E-state index contributed by atoms with van der Waals surface area (Å²) in [4.78, 5) is 15.1. The summed E-state index contributed by atoms with van der Waals surface area (Å²) in [5, 5.41) is 14.9. The fraction of sp³-hybridized carbons (Fsp3) is 0.565. The molecule has 0 unspecified atom stereocenters. The largest absolute Gasteiger partial charge is 0.465 e. The summed E-state index contributed by atoms with van der Waals surface area (Å²) in [6.45, 7) is 9.11. The van der Waals surface area contributed by atoms with Gasteiger partial charge in [0.25, 0.3) is 5.91 Å². The lowest BCUT2D eigenvalue weighted by Gasteiger charge is -2.30. The standard InChI is InChI=1S/C23H34N4O4/c1-4-30-20-13-17(12-19(22(20)16(2)24)26-8-5-10-29-3)15-27(18-6-7-18)23(28)21-14-25-9-11-31-21/h4,12-13,18,21,24-26H,1,5-11,14-15H2,2-3H3/t21-/m1/s1. The number of morpholine rings is 1. The minimum absolute atomic E-state index is 0.0304. The van der Waals surface area contributed by atoms with Crippen LogP contribution >= 0.6 is 0 Å². The molecule has 0 aromatic heterocycles. The van der Waals surface area contributed by atoms with E-state index in [1.807, 2.05) is 17.0 Å². The summed E-state index contributed by atoms with van der Waals surface area (Å²) in [5.41, 5.74) is 2.86. The molecule has 1 heterocycles. The van der Waals surface area contributed by atoms with E-state index < -0.39 is 6.10 Å². The minimum atomic E-state index is -0.437. The first-order chi connectivity index (χ1) is 15.0. The van der Waals surface area contributed by atoms with Crippen LogP contribution in [0.4, 0.5) is 5.69 Å². The van der Waals surface area contributed by atoms with E-state index in [9.17, 15) is 4.79 Å². The highest BCUT2D eigenvalue weighted by Crippen LogP contribution is 2.34. The predicted molar refractivity (Wildman–Crippen MR) is 121 cm³/mol. The molecule has 1 amide bonds. The second-order valence-corrected chi connectivity index (χ2v) is 7.96. The van der Waals surface area contributed by atoms with Crippen LogP contribution in [0, 0.1) is 5.41 Å². The molecule has 3 rings (SSSR count). The molecule has 2 fully saturated rings. The highest BCUT2D eigenvalue weighted by atomic mass is 16.5. The first-order valence-electron chi connectivity index (χ1n) is 10.9. The Balaban J connectivity index is 1.85. The molecule has 0 spiro atoms. The van der Waals surface area contributed by atoms with Gasteiger partial charge in [-0.25, -0.2) is 0 Å². The normalized spacial score (nSPS) is 18.3. The summed E-state index contributed by atoms with van der Waals surface area (Å²) < 4.78 is 16.5. The number of hydrogen-bond acceptors (Lipinski definition) is 7. The molecule has 2 aliphatic rings. The molecule has 1 saturated heterocycles. The fourth-order valence-corrected chi connectivity index (χ4v) is 3.79. The quantitative estimate of drug-likeness (QED) is 0.268. The van der Waals surface area contributed by atoms with Crippen LogP contribution in [0.2, 0.25) is 0 Å². The Morgan fingerprint density at radius 2 is 2.26 bits per heavy atom. The van der Waals surface area contributed by atoms with Crippen LogP contribution in [0.3, 0.4) is 0 Å². The van der Waals surface area contributed by atoms with Gasteiger partial charge < -0.3 is 35.2 Å². The number of carbonyl (C=O) groups is 1. The maximum Gasteiger partial charge on any atom is 0.253 e. The predicted octanol–water partition coefficient (Wildman–Crippen LogP) is 2.52. The zero-order valence-electron chi connectivity index (χ0n) is 18.5. The molecular weight excluding hydrogens is 396 g/mol. The lowest BCUT2D eigenvalue weighted by Crippen LogP contribution is -2.49. The van der Waals surface area contributed by atoms with Gasteiger partial charge in [0.1, 0.15) is 11.9 Å². The number of anilines is 1. The highest BCUT2D eigenvalue weighted by molar-refractivity contribution is 6.04. The Labute approximate surface area is 184 Å². The molecule has 3 N–H and O–H groups in total. The number of rotatable bonds is 12. The molecule has 1 aliphatic carbocycles. The first kappa shape index (κ1) is 23.2. The van der Waals surface area contributed by atoms with E-state index in [1.165, 1.54) is 6.26 Å². The van der Waals surface area contributed by atoms with Crippen LogP contribution in [0.5, 0.6) is 5.75 Å². The number of nitrogens with one attached hydrogen (secondary N) is 3. The lowest BCUT2D eigenvalue weighted by molar-refractivity contribution is -0.146. The van der Waals surface area contributed by atoms with Crippen LogP contribution < -0.4 is 15.4 Å². The third kappa shape index (κ3) is 6.29. The third-order valence-electron chi connectivity index (χ3n) is 5.41. The maximum atomic E-state index is 13.1. The van der Waals surface area contributed by atoms with Crippen molar-refractivity contribution in [3.05, 3.63) is 36.1 Å². The first-order valence-corrected chi connectivity index (χ1v) is 10.9. The monoisotopic (exact) mass is 430 g/mol. The van der Waals surface area contributed by atoms with Gasteiger partial charge in [0.15, 0.2) is 0 Å². The van der Waals surface area contributed by atoms with Crippen molar-refractivity contribution < 1.29 is 19.0 Å². The summed E-state index contributed by atoms with van der Waals surface area (Å²) in [6.07, 6.45) is 3.80. The van der Waals surface area contributed by atoms with E-state index in [0.29, 0.717) is 49.9 Å². The van der Waals surface area contributed by atoms with Crippen molar-refractivity contribution in [3.8, 4) is 5.75 Å². The second-order valence-electron chi connectivity index (χ2n) is 7.96. The molecular formula is C23H34N4O4. The highest BCUT2D eigenvalue weighted by Gasteiger charge is 2.37. The number of amides is 1. The Hall–Kier alpha value is -2.42. The Bertz CT molecular complexity index is 788. The van der Waals surface area contributed by atoms with Gasteiger partial charge in [0.05, 0.1) is 18.4 Å². The number of methoxy groups -OCH3 is 1. The van der Waals surface area contributed by atoms with E-state index in [-0.39, 0.29) is 11.9 Å². The van der Waals surface area contributed by atoms with E-state index in [4.69, 9.17) is 19.6 Å². The number of hydrogen-bond donors (Lipinski definition) is 3. The van der Waals surface area contributed by atoms with Crippen LogP contribution in [-0.4, -0.2) is 68.6 Å². The zero-order chi connectivity index (χ0) is 22.2. The molecule has 1 saturated carbocycles. The number of carbonyl (C=O) groups excluding carboxylic acids is 1. The zero-order valence-corrected chi connectivity index (χ0v) is 18.5. The van der Waals surface area contributed by atoms with Gasteiger partial charge in [-0.3, -0.25) is 4.79 Å². The van der Waals surface area contributed by atoms with Crippen molar-refractivity contribution in [1.29, 1.82) is 5.41 Å². The maximum absolute atomic E-state index is 13.1. The van der Waals surface area contributed by atoms with E-state index in [2.05, 4.69) is 17.2 Å². The Morgan fingerprint density at radius 3 is 2.87 bits per heavy atom. The SMILES string of the molecule is C=COc1cc(CN(C(=O)[C@H]2CNCCO2)C2CC2)cc(NCCCOC)c1C(C)=N.